The highest BCUT2D eigenvalue weighted by Gasteiger charge is 2.32. The first-order valence-corrected chi connectivity index (χ1v) is 4.00. The van der Waals surface area contributed by atoms with E-state index in [1.807, 2.05) is 6.92 Å². The molecule has 0 radical (unpaired) electrons. The van der Waals surface area contributed by atoms with Gasteiger partial charge in [-0.2, -0.15) is 0 Å². The summed E-state index contributed by atoms with van der Waals surface area (Å²) in [6.07, 6.45) is 5.29. The smallest absolute Gasteiger partial charge is 0.346 e. The van der Waals surface area contributed by atoms with Crippen LogP contribution < -0.4 is 0 Å². The zero-order chi connectivity index (χ0) is 9.84. The molecule has 1 aliphatic rings. The van der Waals surface area contributed by atoms with Crippen molar-refractivity contribution >= 4 is 11.9 Å². The molecule has 1 heterocycles. The van der Waals surface area contributed by atoms with Crippen LogP contribution in [-0.4, -0.2) is 11.9 Å². The van der Waals surface area contributed by atoms with E-state index < -0.39 is 11.9 Å². The summed E-state index contributed by atoms with van der Waals surface area (Å²) in [6.45, 7) is 5.34. The number of carbonyl (C=O) groups excluding carboxylic acids is 2. The number of esters is 2. The van der Waals surface area contributed by atoms with E-state index in [0.29, 0.717) is 17.6 Å². The van der Waals surface area contributed by atoms with Crippen LogP contribution in [0.1, 0.15) is 13.3 Å². The van der Waals surface area contributed by atoms with E-state index in [9.17, 15) is 9.59 Å². The average molecular weight is 178 g/mol. The van der Waals surface area contributed by atoms with Crippen LogP contribution in [0.2, 0.25) is 0 Å². The first kappa shape index (κ1) is 9.45. The van der Waals surface area contributed by atoms with Gasteiger partial charge in [-0.3, -0.25) is 0 Å². The monoisotopic (exact) mass is 178 g/mol. The van der Waals surface area contributed by atoms with Gasteiger partial charge in [0.25, 0.3) is 0 Å². The van der Waals surface area contributed by atoms with Crippen molar-refractivity contribution < 1.29 is 14.3 Å². The number of hydrogen-bond acceptors (Lipinski definition) is 3. The van der Waals surface area contributed by atoms with E-state index in [2.05, 4.69) is 11.3 Å². The first-order valence-electron chi connectivity index (χ1n) is 4.00. The molecule has 1 fully saturated rings. The molecule has 0 unspecified atom stereocenters. The molecule has 0 atom stereocenters. The quantitative estimate of drug-likeness (QED) is 0.366. The third-order valence-corrected chi connectivity index (χ3v) is 1.61. The molecule has 0 aromatic heterocycles. The van der Waals surface area contributed by atoms with Crippen molar-refractivity contribution in [1.29, 1.82) is 0 Å². The molecule has 0 bridgehead atoms. The Morgan fingerprint density at radius 3 is 2.46 bits per heavy atom. The van der Waals surface area contributed by atoms with E-state index in [1.165, 1.54) is 12.2 Å². The Kier molecular flexibility index (Phi) is 2.80. The molecular weight excluding hydrogens is 168 g/mol. The van der Waals surface area contributed by atoms with Gasteiger partial charge >= 0.3 is 11.9 Å². The minimum atomic E-state index is -0.593. The van der Waals surface area contributed by atoms with E-state index in [0.717, 1.165) is 0 Å². The van der Waals surface area contributed by atoms with E-state index in [1.54, 1.807) is 6.08 Å². The SMILES string of the molecule is C=CC=C1C(=O)OC(=O)C1=CCC. The summed E-state index contributed by atoms with van der Waals surface area (Å²) in [5, 5.41) is 0. The van der Waals surface area contributed by atoms with E-state index >= 15 is 0 Å². The molecule has 1 rings (SSSR count). The van der Waals surface area contributed by atoms with Crippen LogP contribution >= 0.6 is 0 Å². The highest BCUT2D eigenvalue weighted by molar-refractivity contribution is 6.18. The lowest BCUT2D eigenvalue weighted by molar-refractivity contribution is -0.149. The Labute approximate surface area is 76.4 Å². The lowest BCUT2D eigenvalue weighted by atomic mass is 10.1. The molecule has 68 valence electrons. The Morgan fingerprint density at radius 1 is 1.31 bits per heavy atom. The van der Waals surface area contributed by atoms with Crippen molar-refractivity contribution in [3.63, 3.8) is 0 Å². The van der Waals surface area contributed by atoms with Gasteiger partial charge in [0.1, 0.15) is 0 Å². The minimum absolute atomic E-state index is 0.293. The molecule has 3 nitrogen and oxygen atoms in total. The van der Waals surface area contributed by atoms with Crippen molar-refractivity contribution in [2.24, 2.45) is 0 Å². The van der Waals surface area contributed by atoms with Crippen LogP contribution in [-0.2, 0) is 14.3 Å². The Balaban J connectivity index is 3.11. The second-order valence-corrected chi connectivity index (χ2v) is 2.52. The standard InChI is InChI=1S/C10H10O3/c1-3-5-7-8(6-4-2)10(12)13-9(7)11/h3,5-6H,1,4H2,2H3. The van der Waals surface area contributed by atoms with Crippen LogP contribution in [0.5, 0.6) is 0 Å². The second kappa shape index (κ2) is 3.85. The maximum Gasteiger partial charge on any atom is 0.346 e. The van der Waals surface area contributed by atoms with E-state index in [-0.39, 0.29) is 0 Å². The Bertz CT molecular complexity index is 321. The lowest BCUT2D eigenvalue weighted by Crippen LogP contribution is -1.96. The summed E-state index contributed by atoms with van der Waals surface area (Å²) in [6, 6.07) is 0. The molecule has 0 saturated carbocycles. The molecule has 1 aliphatic heterocycles. The normalized spacial score (nSPS) is 22.5. The molecule has 0 aromatic carbocycles. The summed E-state index contributed by atoms with van der Waals surface area (Å²) in [4.78, 5) is 22.1. The van der Waals surface area contributed by atoms with Gasteiger partial charge in [0, 0.05) is 0 Å². The summed E-state index contributed by atoms with van der Waals surface area (Å²) in [7, 11) is 0. The van der Waals surface area contributed by atoms with Crippen LogP contribution in [0, 0.1) is 0 Å². The summed E-state index contributed by atoms with van der Waals surface area (Å²) in [5.41, 5.74) is 0.634. The van der Waals surface area contributed by atoms with Crippen molar-refractivity contribution in [3.05, 3.63) is 36.0 Å². The maximum absolute atomic E-state index is 11.1. The molecule has 0 N–H and O–H groups in total. The van der Waals surface area contributed by atoms with Gasteiger partial charge in [-0.05, 0) is 12.5 Å². The van der Waals surface area contributed by atoms with Crippen molar-refractivity contribution in [1.82, 2.24) is 0 Å². The molecule has 13 heavy (non-hydrogen) atoms. The minimum Gasteiger partial charge on any atom is -0.386 e. The molecule has 0 aliphatic carbocycles. The average Bonchev–Trinajstić information content (AvgIpc) is 2.33. The molecular formula is C10H10O3. The van der Waals surface area contributed by atoms with Gasteiger partial charge in [-0.1, -0.05) is 25.7 Å². The fourth-order valence-corrected chi connectivity index (χ4v) is 1.09. The summed E-state index contributed by atoms with van der Waals surface area (Å²) in [5.74, 6) is -1.16. The highest BCUT2D eigenvalue weighted by Crippen LogP contribution is 2.22. The van der Waals surface area contributed by atoms with Crippen molar-refractivity contribution in [2.75, 3.05) is 0 Å². The van der Waals surface area contributed by atoms with Gasteiger partial charge in [-0.15, -0.1) is 0 Å². The molecule has 0 aromatic rings. The molecule has 3 heteroatoms. The third kappa shape index (κ3) is 1.75. The zero-order valence-corrected chi connectivity index (χ0v) is 7.37. The topological polar surface area (TPSA) is 43.4 Å². The van der Waals surface area contributed by atoms with Gasteiger partial charge in [-0.25, -0.2) is 9.59 Å². The van der Waals surface area contributed by atoms with Crippen LogP contribution in [0.15, 0.2) is 36.0 Å². The Hall–Kier alpha value is -1.64. The van der Waals surface area contributed by atoms with Crippen LogP contribution in [0.4, 0.5) is 0 Å². The lowest BCUT2D eigenvalue weighted by Gasteiger charge is -1.89. The van der Waals surface area contributed by atoms with E-state index in [4.69, 9.17) is 0 Å². The van der Waals surface area contributed by atoms with Crippen molar-refractivity contribution in [2.45, 2.75) is 13.3 Å². The number of rotatable bonds is 2. The number of cyclic esters (lactones) is 2. The number of allylic oxidation sites excluding steroid dienone is 3. The number of ether oxygens (including phenoxy) is 1. The highest BCUT2D eigenvalue weighted by atomic mass is 16.6. The fourth-order valence-electron chi connectivity index (χ4n) is 1.09. The number of carbonyl (C=O) groups is 2. The predicted molar refractivity (Wildman–Crippen MR) is 47.8 cm³/mol. The summed E-state index contributed by atoms with van der Waals surface area (Å²) < 4.78 is 4.43. The molecule has 0 amide bonds. The molecule has 0 spiro atoms. The summed E-state index contributed by atoms with van der Waals surface area (Å²) >= 11 is 0. The predicted octanol–water partition coefficient (Wildman–Crippen LogP) is 1.52. The van der Waals surface area contributed by atoms with Gasteiger partial charge in [0.05, 0.1) is 11.1 Å². The second-order valence-electron chi connectivity index (χ2n) is 2.52. The van der Waals surface area contributed by atoms with Gasteiger partial charge in [0.2, 0.25) is 0 Å². The number of hydrogen-bond donors (Lipinski definition) is 0. The van der Waals surface area contributed by atoms with Crippen LogP contribution in [0.25, 0.3) is 0 Å². The molecule has 1 saturated heterocycles. The van der Waals surface area contributed by atoms with Crippen molar-refractivity contribution in [3.8, 4) is 0 Å². The maximum atomic E-state index is 11.1. The largest absolute Gasteiger partial charge is 0.386 e. The van der Waals surface area contributed by atoms with Gasteiger partial charge < -0.3 is 4.74 Å². The third-order valence-electron chi connectivity index (χ3n) is 1.61. The first-order chi connectivity index (χ1) is 6.20. The fraction of sp³-hybridized carbons (Fsp3) is 0.200. The Morgan fingerprint density at radius 2 is 1.92 bits per heavy atom. The van der Waals surface area contributed by atoms with Crippen LogP contribution in [0.3, 0.4) is 0 Å². The zero-order valence-electron chi connectivity index (χ0n) is 7.37. The van der Waals surface area contributed by atoms with Gasteiger partial charge in [0.15, 0.2) is 0 Å².